The lowest BCUT2D eigenvalue weighted by molar-refractivity contribution is 0.440. The van der Waals surface area contributed by atoms with Crippen LogP contribution in [-0.4, -0.2) is 28.1 Å². The van der Waals surface area contributed by atoms with Crippen molar-refractivity contribution in [1.82, 2.24) is 14.9 Å². The van der Waals surface area contributed by atoms with Gasteiger partial charge in [-0.05, 0) is 6.92 Å². The molecule has 1 aliphatic rings. The van der Waals surface area contributed by atoms with E-state index in [1.165, 1.54) is 6.33 Å². The van der Waals surface area contributed by atoms with Crippen LogP contribution in [0.15, 0.2) is 12.9 Å². The van der Waals surface area contributed by atoms with E-state index >= 15 is 0 Å². The quantitative estimate of drug-likeness (QED) is 0.685. The van der Waals surface area contributed by atoms with Gasteiger partial charge in [-0.1, -0.05) is 6.58 Å². The van der Waals surface area contributed by atoms with E-state index in [-0.39, 0.29) is 0 Å². The Labute approximate surface area is 82.6 Å². The molecular weight excluding hydrogens is 178 g/mol. The van der Waals surface area contributed by atoms with Crippen LogP contribution in [0.2, 0.25) is 0 Å². The third kappa shape index (κ3) is 1.17. The average molecular weight is 191 g/mol. The summed E-state index contributed by atoms with van der Waals surface area (Å²) in [5.74, 6) is 1.25. The lowest BCUT2D eigenvalue weighted by Gasteiger charge is -2.32. The maximum absolute atomic E-state index is 5.77. The van der Waals surface area contributed by atoms with E-state index < -0.39 is 0 Å². The summed E-state index contributed by atoms with van der Waals surface area (Å²) in [6.45, 7) is 7.67. The van der Waals surface area contributed by atoms with Crippen LogP contribution in [0.25, 0.3) is 5.70 Å². The molecule has 0 aromatic carbocycles. The summed E-state index contributed by atoms with van der Waals surface area (Å²) in [6.07, 6.45) is 1.45. The summed E-state index contributed by atoms with van der Waals surface area (Å²) >= 11 is 0. The zero-order valence-electron chi connectivity index (χ0n) is 8.12. The molecule has 0 radical (unpaired) electrons. The third-order valence-electron chi connectivity index (χ3n) is 2.37. The summed E-state index contributed by atoms with van der Waals surface area (Å²) < 4.78 is 0. The fourth-order valence-corrected chi connectivity index (χ4v) is 1.54. The van der Waals surface area contributed by atoms with Crippen molar-refractivity contribution in [2.24, 2.45) is 0 Å². The fourth-order valence-electron chi connectivity index (χ4n) is 1.54. The smallest absolute Gasteiger partial charge is 0.142 e. The Bertz CT molecular complexity index is 373. The first-order chi connectivity index (χ1) is 6.74. The molecule has 0 spiro atoms. The number of hydrogen-bond donors (Lipinski definition) is 2. The minimum Gasteiger partial charge on any atom is -0.383 e. The Balaban J connectivity index is 2.48. The van der Waals surface area contributed by atoms with Crippen LogP contribution in [-0.2, 0) is 0 Å². The van der Waals surface area contributed by atoms with Gasteiger partial charge in [-0.25, -0.2) is 9.97 Å². The van der Waals surface area contributed by atoms with E-state index in [1.54, 1.807) is 0 Å². The van der Waals surface area contributed by atoms with E-state index in [0.29, 0.717) is 5.82 Å². The number of anilines is 2. The minimum absolute atomic E-state index is 0.477. The van der Waals surface area contributed by atoms with Crippen molar-refractivity contribution in [3.8, 4) is 0 Å². The van der Waals surface area contributed by atoms with Gasteiger partial charge in [0, 0.05) is 12.2 Å². The number of hydrogen-bond acceptors (Lipinski definition) is 5. The molecule has 2 heterocycles. The SMILES string of the molecule is C=C1c2c(N)ncnc2NCN1CC. The van der Waals surface area contributed by atoms with Crippen molar-refractivity contribution in [3.05, 3.63) is 18.5 Å². The topological polar surface area (TPSA) is 67.1 Å². The highest BCUT2D eigenvalue weighted by Crippen LogP contribution is 2.30. The second kappa shape index (κ2) is 3.17. The van der Waals surface area contributed by atoms with Crippen LogP contribution in [0.4, 0.5) is 11.6 Å². The number of nitrogens with two attached hydrogens (primary N) is 1. The second-order valence-electron chi connectivity index (χ2n) is 3.12. The van der Waals surface area contributed by atoms with Crippen LogP contribution in [0.5, 0.6) is 0 Å². The predicted molar refractivity (Wildman–Crippen MR) is 56.3 cm³/mol. The fraction of sp³-hybridized carbons (Fsp3) is 0.333. The summed E-state index contributed by atoms with van der Waals surface area (Å²) in [7, 11) is 0. The van der Waals surface area contributed by atoms with Gasteiger partial charge < -0.3 is 16.0 Å². The number of fused-ring (bicyclic) bond motifs is 1. The molecule has 3 N–H and O–H groups in total. The zero-order valence-corrected chi connectivity index (χ0v) is 8.12. The molecule has 0 aliphatic carbocycles. The first-order valence-corrected chi connectivity index (χ1v) is 4.52. The van der Waals surface area contributed by atoms with Crippen molar-refractivity contribution in [1.29, 1.82) is 0 Å². The molecule has 1 aromatic rings. The molecule has 0 saturated carbocycles. The van der Waals surface area contributed by atoms with Gasteiger partial charge in [-0.2, -0.15) is 0 Å². The van der Waals surface area contributed by atoms with E-state index in [4.69, 9.17) is 5.73 Å². The molecule has 1 aromatic heterocycles. The van der Waals surface area contributed by atoms with Gasteiger partial charge in [-0.15, -0.1) is 0 Å². The Kier molecular flexibility index (Phi) is 1.99. The highest BCUT2D eigenvalue weighted by Gasteiger charge is 2.21. The minimum atomic E-state index is 0.477. The standard InChI is InChI=1S/C9H13N5/c1-3-14-5-13-9-7(6(14)2)8(10)11-4-12-9/h4H,2-3,5H2,1H3,(H3,10,11,12,13). The molecule has 0 saturated heterocycles. The van der Waals surface area contributed by atoms with Crippen LogP contribution in [0.1, 0.15) is 12.5 Å². The van der Waals surface area contributed by atoms with E-state index in [2.05, 4.69) is 33.7 Å². The molecule has 1 aliphatic heterocycles. The summed E-state index contributed by atoms with van der Waals surface area (Å²) in [4.78, 5) is 10.1. The van der Waals surface area contributed by atoms with Crippen molar-refractivity contribution in [3.63, 3.8) is 0 Å². The molecule has 2 rings (SSSR count). The molecule has 0 unspecified atom stereocenters. The summed E-state index contributed by atoms with van der Waals surface area (Å²) in [5, 5.41) is 3.17. The van der Waals surface area contributed by atoms with Crippen molar-refractivity contribution < 1.29 is 0 Å². The van der Waals surface area contributed by atoms with Gasteiger partial charge in [0.15, 0.2) is 0 Å². The largest absolute Gasteiger partial charge is 0.383 e. The molecular formula is C9H13N5. The maximum atomic E-state index is 5.77. The van der Waals surface area contributed by atoms with Crippen LogP contribution >= 0.6 is 0 Å². The molecule has 0 bridgehead atoms. The van der Waals surface area contributed by atoms with Gasteiger partial charge in [0.2, 0.25) is 0 Å². The van der Waals surface area contributed by atoms with Gasteiger partial charge in [0.05, 0.1) is 12.2 Å². The summed E-state index contributed by atoms with van der Waals surface area (Å²) in [6, 6.07) is 0. The van der Waals surface area contributed by atoms with Crippen molar-refractivity contribution in [2.75, 3.05) is 24.3 Å². The molecule has 0 amide bonds. The van der Waals surface area contributed by atoms with Gasteiger partial charge >= 0.3 is 0 Å². The number of rotatable bonds is 1. The molecule has 5 heteroatoms. The highest BCUT2D eigenvalue weighted by atomic mass is 15.3. The Hall–Kier alpha value is -1.78. The summed E-state index contributed by atoms with van der Waals surface area (Å²) in [5.41, 5.74) is 7.48. The van der Waals surface area contributed by atoms with Crippen LogP contribution in [0.3, 0.4) is 0 Å². The molecule has 0 fully saturated rings. The van der Waals surface area contributed by atoms with Gasteiger partial charge in [-0.3, -0.25) is 0 Å². The first kappa shape index (κ1) is 8.80. The van der Waals surface area contributed by atoms with Gasteiger partial charge in [0.25, 0.3) is 0 Å². The second-order valence-corrected chi connectivity index (χ2v) is 3.12. The number of nitrogens with zero attached hydrogens (tertiary/aromatic N) is 3. The monoisotopic (exact) mass is 191 g/mol. The first-order valence-electron chi connectivity index (χ1n) is 4.52. The Morgan fingerprint density at radius 1 is 1.64 bits per heavy atom. The van der Waals surface area contributed by atoms with E-state index in [0.717, 1.165) is 30.3 Å². The molecule has 5 nitrogen and oxygen atoms in total. The average Bonchev–Trinajstić information content (AvgIpc) is 2.18. The van der Waals surface area contributed by atoms with E-state index in [1.807, 2.05) is 0 Å². The zero-order chi connectivity index (χ0) is 10.1. The van der Waals surface area contributed by atoms with Crippen molar-refractivity contribution in [2.45, 2.75) is 6.92 Å². The van der Waals surface area contributed by atoms with E-state index in [9.17, 15) is 0 Å². The Morgan fingerprint density at radius 2 is 2.43 bits per heavy atom. The molecule has 14 heavy (non-hydrogen) atoms. The predicted octanol–water partition coefficient (Wildman–Crippen LogP) is 0.734. The molecule has 74 valence electrons. The van der Waals surface area contributed by atoms with Crippen molar-refractivity contribution >= 4 is 17.3 Å². The number of nitrogen functional groups attached to an aromatic ring is 1. The lowest BCUT2D eigenvalue weighted by atomic mass is 10.1. The number of aromatic nitrogens is 2. The van der Waals surface area contributed by atoms with Gasteiger partial charge in [0.1, 0.15) is 18.0 Å². The van der Waals surface area contributed by atoms with Crippen LogP contribution in [0, 0.1) is 0 Å². The van der Waals surface area contributed by atoms with Crippen LogP contribution < -0.4 is 11.1 Å². The maximum Gasteiger partial charge on any atom is 0.142 e. The number of nitrogens with one attached hydrogen (secondary N) is 1. The lowest BCUT2D eigenvalue weighted by Crippen LogP contribution is -2.33. The third-order valence-corrected chi connectivity index (χ3v) is 2.37. The highest BCUT2D eigenvalue weighted by molar-refractivity contribution is 5.80. The normalized spacial score (nSPS) is 14.9. The Morgan fingerprint density at radius 3 is 3.14 bits per heavy atom. The molecule has 0 atom stereocenters.